The van der Waals surface area contributed by atoms with Gasteiger partial charge in [-0.1, -0.05) is 49.1 Å². The van der Waals surface area contributed by atoms with Gasteiger partial charge in [-0.25, -0.2) is 0 Å². The number of ketones is 1. The van der Waals surface area contributed by atoms with Crippen LogP contribution >= 0.6 is 0 Å². The molecule has 0 amide bonds. The molecule has 0 spiro atoms. The van der Waals surface area contributed by atoms with E-state index < -0.39 is 5.92 Å². The van der Waals surface area contributed by atoms with Crippen molar-refractivity contribution in [1.82, 2.24) is 0 Å². The molecule has 1 aromatic rings. The fourth-order valence-corrected chi connectivity index (χ4v) is 3.99. The van der Waals surface area contributed by atoms with Crippen molar-refractivity contribution in [1.29, 1.82) is 5.26 Å². The van der Waals surface area contributed by atoms with E-state index in [1.165, 1.54) is 0 Å². The highest BCUT2D eigenvalue weighted by Gasteiger charge is 2.31. The van der Waals surface area contributed by atoms with Gasteiger partial charge < -0.3 is 5.11 Å². The number of unbranched alkanes of at least 4 members (excludes halogenated alkanes) is 1. The highest BCUT2D eigenvalue weighted by atomic mass is 16.3. The van der Waals surface area contributed by atoms with Crippen LogP contribution in [0.5, 0.6) is 0 Å². The summed E-state index contributed by atoms with van der Waals surface area (Å²) in [7, 11) is 0. The Morgan fingerprint density at radius 3 is 2.53 bits per heavy atom. The SMILES string of the molecule is C=CCCCC(=O)/C(=C(\C)C=C)C(C1=CC(C)=CC(=C)C=C1O)c1ccc(C#N)cc1C. The Morgan fingerprint density at radius 1 is 1.22 bits per heavy atom. The Bertz CT molecular complexity index is 1120. The third-order valence-electron chi connectivity index (χ3n) is 5.57. The zero-order valence-electron chi connectivity index (χ0n) is 19.2. The predicted octanol–water partition coefficient (Wildman–Crippen LogP) is 7.26. The molecule has 3 heteroatoms. The Morgan fingerprint density at radius 2 is 1.94 bits per heavy atom. The molecule has 0 bridgehead atoms. The molecule has 1 aliphatic carbocycles. The zero-order chi connectivity index (χ0) is 23.8. The van der Waals surface area contributed by atoms with Crippen molar-refractivity contribution in [3.8, 4) is 6.07 Å². The summed E-state index contributed by atoms with van der Waals surface area (Å²) in [5.74, 6) is -0.427. The monoisotopic (exact) mass is 425 g/mol. The summed E-state index contributed by atoms with van der Waals surface area (Å²) in [6, 6.07) is 7.60. The molecule has 0 aliphatic heterocycles. The van der Waals surface area contributed by atoms with Crippen LogP contribution in [0.25, 0.3) is 0 Å². The van der Waals surface area contributed by atoms with Crippen LogP contribution in [0.3, 0.4) is 0 Å². The lowest BCUT2D eigenvalue weighted by atomic mass is 9.76. The molecule has 1 unspecified atom stereocenters. The first-order valence-electron chi connectivity index (χ1n) is 10.7. The van der Waals surface area contributed by atoms with E-state index in [0.29, 0.717) is 35.1 Å². The number of carbonyl (C=O) groups is 1. The number of hydrogen-bond acceptors (Lipinski definition) is 3. The van der Waals surface area contributed by atoms with Gasteiger partial charge in [0.25, 0.3) is 0 Å². The molecular formula is C29H31NO2. The van der Waals surface area contributed by atoms with Crippen LogP contribution < -0.4 is 0 Å². The lowest BCUT2D eigenvalue weighted by Gasteiger charge is -2.26. The number of aliphatic hydroxyl groups excluding tert-OH is 1. The van der Waals surface area contributed by atoms with E-state index in [4.69, 9.17) is 0 Å². The van der Waals surface area contributed by atoms with E-state index in [-0.39, 0.29) is 11.5 Å². The third kappa shape index (κ3) is 5.74. The molecule has 0 saturated heterocycles. The number of hydrogen-bond donors (Lipinski definition) is 1. The minimum Gasteiger partial charge on any atom is -0.508 e. The lowest BCUT2D eigenvalue weighted by Crippen LogP contribution is -2.18. The van der Waals surface area contributed by atoms with E-state index in [2.05, 4.69) is 25.8 Å². The number of aliphatic hydroxyl groups is 1. The molecule has 0 radical (unpaired) electrons. The van der Waals surface area contributed by atoms with Crippen LogP contribution in [0, 0.1) is 18.3 Å². The molecule has 0 saturated carbocycles. The van der Waals surface area contributed by atoms with Gasteiger partial charge in [0.2, 0.25) is 0 Å². The summed E-state index contributed by atoms with van der Waals surface area (Å²) >= 11 is 0. The normalized spacial score (nSPS) is 15.3. The summed E-state index contributed by atoms with van der Waals surface area (Å²) < 4.78 is 0. The summed E-state index contributed by atoms with van der Waals surface area (Å²) in [6.07, 6.45) is 10.7. The number of benzene rings is 1. The largest absolute Gasteiger partial charge is 0.508 e. The summed E-state index contributed by atoms with van der Waals surface area (Å²) in [4.78, 5) is 13.5. The minimum absolute atomic E-state index is 0.0106. The van der Waals surface area contributed by atoms with Crippen molar-refractivity contribution in [2.75, 3.05) is 0 Å². The van der Waals surface area contributed by atoms with Gasteiger partial charge in [0.15, 0.2) is 5.78 Å². The number of allylic oxidation sites excluding steroid dienone is 10. The van der Waals surface area contributed by atoms with Gasteiger partial charge >= 0.3 is 0 Å². The Kier molecular flexibility index (Phi) is 8.55. The van der Waals surface area contributed by atoms with E-state index in [9.17, 15) is 15.2 Å². The fraction of sp³-hybridized carbons (Fsp3) is 0.241. The number of nitriles is 1. The van der Waals surface area contributed by atoms with Crippen molar-refractivity contribution in [2.24, 2.45) is 0 Å². The van der Waals surface area contributed by atoms with Crippen molar-refractivity contribution >= 4 is 5.78 Å². The van der Waals surface area contributed by atoms with E-state index in [1.54, 1.807) is 24.3 Å². The summed E-state index contributed by atoms with van der Waals surface area (Å²) in [5, 5.41) is 20.3. The first kappa shape index (κ1) is 24.6. The fourth-order valence-electron chi connectivity index (χ4n) is 3.99. The Labute approximate surface area is 191 Å². The minimum atomic E-state index is -0.512. The molecule has 2 rings (SSSR count). The van der Waals surface area contributed by atoms with Gasteiger partial charge in [-0.15, -0.1) is 6.58 Å². The quantitative estimate of drug-likeness (QED) is 0.196. The molecule has 164 valence electrons. The lowest BCUT2D eigenvalue weighted by molar-refractivity contribution is -0.115. The molecule has 3 nitrogen and oxygen atoms in total. The average Bonchev–Trinajstić information content (AvgIpc) is 2.88. The summed E-state index contributed by atoms with van der Waals surface area (Å²) in [5.41, 5.74) is 5.89. The van der Waals surface area contributed by atoms with Crippen LogP contribution in [0.15, 0.2) is 102 Å². The molecular weight excluding hydrogens is 394 g/mol. The van der Waals surface area contributed by atoms with Gasteiger partial charge in [0.05, 0.1) is 11.6 Å². The summed E-state index contributed by atoms with van der Waals surface area (Å²) in [6.45, 7) is 17.4. The molecule has 32 heavy (non-hydrogen) atoms. The van der Waals surface area contributed by atoms with E-state index in [1.807, 2.05) is 45.1 Å². The maximum absolute atomic E-state index is 13.5. The van der Waals surface area contributed by atoms with Crippen LogP contribution in [-0.4, -0.2) is 10.9 Å². The highest BCUT2D eigenvalue weighted by molar-refractivity contribution is 5.99. The number of aryl methyl sites for hydroxylation is 1. The second-order valence-corrected chi connectivity index (χ2v) is 8.11. The van der Waals surface area contributed by atoms with E-state index in [0.717, 1.165) is 28.7 Å². The van der Waals surface area contributed by atoms with Gasteiger partial charge in [-0.3, -0.25) is 4.79 Å². The third-order valence-corrected chi connectivity index (χ3v) is 5.57. The number of nitrogens with zero attached hydrogens (tertiary/aromatic N) is 1. The maximum Gasteiger partial charge on any atom is 0.160 e. The van der Waals surface area contributed by atoms with Crippen molar-refractivity contribution in [3.05, 3.63) is 119 Å². The van der Waals surface area contributed by atoms with Gasteiger partial charge in [0, 0.05) is 23.5 Å². The van der Waals surface area contributed by atoms with Crippen LogP contribution in [0.4, 0.5) is 0 Å². The van der Waals surface area contributed by atoms with Crippen LogP contribution in [-0.2, 0) is 4.79 Å². The molecule has 1 aromatic carbocycles. The smallest absolute Gasteiger partial charge is 0.160 e. The standard InChI is InChI=1S/C29H31NO2/c1-7-9-10-11-26(31)28(21(5)8-2)29(24-13-12-23(18-30)17-22(24)6)25-15-19(3)14-20(4)16-27(25)32/h7-8,12-17,29,32H,1-2,4,9-11H2,3,5-6H3/b28-21-. The second-order valence-electron chi connectivity index (χ2n) is 8.11. The predicted molar refractivity (Wildman–Crippen MR) is 132 cm³/mol. The van der Waals surface area contributed by atoms with Crippen LogP contribution in [0.1, 0.15) is 55.7 Å². The number of rotatable bonds is 9. The van der Waals surface area contributed by atoms with Crippen molar-refractivity contribution in [3.63, 3.8) is 0 Å². The Balaban J connectivity index is 2.82. The first-order valence-corrected chi connectivity index (χ1v) is 10.7. The average molecular weight is 426 g/mol. The second kappa shape index (κ2) is 11.1. The van der Waals surface area contributed by atoms with Crippen molar-refractivity contribution in [2.45, 2.75) is 46.0 Å². The molecule has 0 aromatic heterocycles. The van der Waals surface area contributed by atoms with Gasteiger partial charge in [0.1, 0.15) is 5.76 Å². The maximum atomic E-state index is 13.5. The number of Topliss-reactive ketones (excluding diaryl/α,β-unsaturated/α-hetero) is 1. The first-order chi connectivity index (χ1) is 15.2. The van der Waals surface area contributed by atoms with Crippen LogP contribution in [0.2, 0.25) is 0 Å². The number of carbonyl (C=O) groups excluding carboxylic acids is 1. The molecule has 0 fully saturated rings. The molecule has 1 N–H and O–H groups in total. The highest BCUT2D eigenvalue weighted by Crippen LogP contribution is 2.41. The van der Waals surface area contributed by atoms with Crippen molar-refractivity contribution < 1.29 is 9.90 Å². The van der Waals surface area contributed by atoms with Gasteiger partial charge in [-0.2, -0.15) is 5.26 Å². The Hall–Kier alpha value is -3.64. The molecule has 1 atom stereocenters. The topological polar surface area (TPSA) is 61.1 Å². The zero-order valence-corrected chi connectivity index (χ0v) is 19.2. The molecule has 0 heterocycles. The van der Waals surface area contributed by atoms with Gasteiger partial charge in [-0.05, 0) is 74.1 Å². The molecule has 1 aliphatic rings. The van der Waals surface area contributed by atoms with E-state index >= 15 is 0 Å².